The van der Waals surface area contributed by atoms with Gasteiger partial charge in [0.25, 0.3) is 0 Å². The molecule has 1 saturated heterocycles. The average molecular weight is 390 g/mol. The fourth-order valence-corrected chi connectivity index (χ4v) is 3.23. The average Bonchev–Trinajstić information content (AvgIpc) is 2.65. The van der Waals surface area contributed by atoms with E-state index in [9.17, 15) is 9.59 Å². The fourth-order valence-electron chi connectivity index (χ4n) is 3.23. The lowest BCUT2D eigenvalue weighted by atomic mass is 9.87. The molecule has 2 rings (SSSR count). The van der Waals surface area contributed by atoms with Gasteiger partial charge in [-0.25, -0.2) is 0 Å². The predicted octanol–water partition coefficient (Wildman–Crippen LogP) is 2.42. The molecule has 6 nitrogen and oxygen atoms in total. The predicted molar refractivity (Wildman–Crippen MR) is 112 cm³/mol. The van der Waals surface area contributed by atoms with Gasteiger partial charge in [0, 0.05) is 39.1 Å². The summed E-state index contributed by atoms with van der Waals surface area (Å²) in [5.41, 5.74) is 1.41. The number of amides is 2. The molecule has 0 radical (unpaired) electrons. The van der Waals surface area contributed by atoms with Crippen molar-refractivity contribution in [3.8, 4) is 5.75 Å². The Bertz CT molecular complexity index is 629. The van der Waals surface area contributed by atoms with Crippen molar-refractivity contribution in [2.45, 2.75) is 46.0 Å². The van der Waals surface area contributed by atoms with Crippen LogP contribution < -0.4 is 10.1 Å². The summed E-state index contributed by atoms with van der Waals surface area (Å²) >= 11 is 0. The minimum Gasteiger partial charge on any atom is -0.494 e. The van der Waals surface area contributed by atoms with Gasteiger partial charge in [0.2, 0.25) is 11.8 Å². The molecule has 0 aromatic heterocycles. The Morgan fingerprint density at radius 3 is 2.29 bits per heavy atom. The van der Waals surface area contributed by atoms with E-state index in [0.717, 1.165) is 18.8 Å². The molecule has 0 unspecified atom stereocenters. The van der Waals surface area contributed by atoms with Gasteiger partial charge in [0.1, 0.15) is 5.75 Å². The van der Waals surface area contributed by atoms with Crippen LogP contribution in [-0.4, -0.2) is 67.5 Å². The molecule has 1 aromatic rings. The number of nitrogens with zero attached hydrogens (tertiary/aromatic N) is 2. The number of nitrogens with one attached hydrogen (secondary N) is 1. The van der Waals surface area contributed by atoms with Crippen LogP contribution in [0.25, 0.3) is 0 Å². The second-order valence-electron chi connectivity index (χ2n) is 8.34. The summed E-state index contributed by atoms with van der Waals surface area (Å²) in [6.07, 6.45) is 1.20. The minimum atomic E-state index is 0.0509. The quantitative estimate of drug-likeness (QED) is 0.694. The molecule has 1 heterocycles. The first-order valence-electron chi connectivity index (χ1n) is 10.3. The maximum Gasteiger partial charge on any atom is 0.234 e. The number of likely N-dealkylation sites (N-methyl/N-ethyl adjacent to an activating group) is 1. The second kappa shape index (κ2) is 10.5. The van der Waals surface area contributed by atoms with E-state index in [1.807, 2.05) is 24.0 Å². The van der Waals surface area contributed by atoms with E-state index in [1.54, 1.807) is 0 Å². The summed E-state index contributed by atoms with van der Waals surface area (Å²) < 4.78 is 5.77. The van der Waals surface area contributed by atoms with Gasteiger partial charge in [-0.05, 0) is 36.5 Å². The topological polar surface area (TPSA) is 61.9 Å². The van der Waals surface area contributed by atoms with E-state index >= 15 is 0 Å². The van der Waals surface area contributed by atoms with E-state index < -0.39 is 0 Å². The third-order valence-corrected chi connectivity index (χ3v) is 4.99. The van der Waals surface area contributed by atoms with Crippen LogP contribution in [0.1, 0.15) is 46.1 Å². The van der Waals surface area contributed by atoms with Crippen LogP contribution in [0.5, 0.6) is 5.75 Å². The molecule has 0 atom stereocenters. The van der Waals surface area contributed by atoms with Gasteiger partial charge in [-0.3, -0.25) is 14.5 Å². The molecular weight excluding hydrogens is 354 g/mol. The van der Waals surface area contributed by atoms with Crippen LogP contribution >= 0.6 is 0 Å². The van der Waals surface area contributed by atoms with Crippen LogP contribution in [0.3, 0.4) is 0 Å². The number of hydrogen-bond donors (Lipinski definition) is 1. The standard InChI is InChI=1S/C22H35N3O3/c1-5-23-20(26)17-24-12-14-25(15-13-24)21(27)7-6-16-28-19-10-8-18(9-11-19)22(2,3)4/h8-11H,5-7,12-17H2,1-4H3,(H,23,26). The highest BCUT2D eigenvalue weighted by Gasteiger charge is 2.22. The lowest BCUT2D eigenvalue weighted by molar-refractivity contribution is -0.133. The van der Waals surface area contributed by atoms with E-state index in [-0.39, 0.29) is 17.2 Å². The Morgan fingerprint density at radius 1 is 1.07 bits per heavy atom. The van der Waals surface area contributed by atoms with Crippen LogP contribution in [0.15, 0.2) is 24.3 Å². The van der Waals surface area contributed by atoms with Gasteiger partial charge in [-0.15, -0.1) is 0 Å². The largest absolute Gasteiger partial charge is 0.494 e. The normalized spacial score (nSPS) is 15.4. The Labute approximate surface area is 169 Å². The summed E-state index contributed by atoms with van der Waals surface area (Å²) in [5.74, 6) is 1.07. The zero-order valence-electron chi connectivity index (χ0n) is 17.8. The van der Waals surface area contributed by atoms with Gasteiger partial charge in [0.15, 0.2) is 0 Å². The highest BCUT2D eigenvalue weighted by Crippen LogP contribution is 2.24. The molecule has 1 aliphatic rings. The van der Waals surface area contributed by atoms with E-state index in [0.29, 0.717) is 45.6 Å². The van der Waals surface area contributed by atoms with Crippen LogP contribution in [0, 0.1) is 0 Å². The molecule has 0 aliphatic carbocycles. The third kappa shape index (κ3) is 7.15. The highest BCUT2D eigenvalue weighted by molar-refractivity contribution is 5.78. The van der Waals surface area contributed by atoms with E-state index in [4.69, 9.17) is 4.74 Å². The molecule has 1 N–H and O–H groups in total. The molecule has 6 heteroatoms. The number of hydrogen-bond acceptors (Lipinski definition) is 4. The lowest BCUT2D eigenvalue weighted by Crippen LogP contribution is -2.51. The molecule has 0 bridgehead atoms. The zero-order valence-corrected chi connectivity index (χ0v) is 17.8. The first-order valence-corrected chi connectivity index (χ1v) is 10.3. The SMILES string of the molecule is CCNC(=O)CN1CCN(C(=O)CCCOc2ccc(C(C)(C)C)cc2)CC1. The molecule has 0 saturated carbocycles. The molecule has 1 aliphatic heterocycles. The summed E-state index contributed by atoms with van der Waals surface area (Å²) in [4.78, 5) is 28.0. The van der Waals surface area contributed by atoms with Crippen LogP contribution in [0.2, 0.25) is 0 Å². The number of carbonyl (C=O) groups excluding carboxylic acids is 2. The van der Waals surface area contributed by atoms with Crippen molar-refractivity contribution in [2.75, 3.05) is 45.9 Å². The number of benzene rings is 1. The van der Waals surface area contributed by atoms with Crippen molar-refractivity contribution in [1.82, 2.24) is 15.1 Å². The fraction of sp³-hybridized carbons (Fsp3) is 0.636. The monoisotopic (exact) mass is 389 g/mol. The zero-order chi connectivity index (χ0) is 20.6. The van der Waals surface area contributed by atoms with Gasteiger partial charge >= 0.3 is 0 Å². The molecule has 2 amide bonds. The van der Waals surface area contributed by atoms with Gasteiger partial charge < -0.3 is 15.0 Å². The molecule has 156 valence electrons. The summed E-state index contributed by atoms with van der Waals surface area (Å²) in [7, 11) is 0. The second-order valence-corrected chi connectivity index (χ2v) is 8.34. The van der Waals surface area contributed by atoms with Gasteiger partial charge in [-0.2, -0.15) is 0 Å². The van der Waals surface area contributed by atoms with Gasteiger partial charge in [-0.1, -0.05) is 32.9 Å². The maximum absolute atomic E-state index is 12.4. The highest BCUT2D eigenvalue weighted by atomic mass is 16.5. The maximum atomic E-state index is 12.4. The molecule has 28 heavy (non-hydrogen) atoms. The Balaban J connectivity index is 1.63. The Kier molecular flexibility index (Phi) is 8.30. The molecule has 1 aromatic carbocycles. The van der Waals surface area contributed by atoms with Crippen LogP contribution in [0.4, 0.5) is 0 Å². The van der Waals surface area contributed by atoms with Crippen LogP contribution in [-0.2, 0) is 15.0 Å². The molecule has 0 spiro atoms. The first kappa shape index (κ1) is 22.2. The Hall–Kier alpha value is -2.08. The van der Waals surface area contributed by atoms with Crippen molar-refractivity contribution in [2.24, 2.45) is 0 Å². The molecular formula is C22H35N3O3. The third-order valence-electron chi connectivity index (χ3n) is 4.99. The summed E-state index contributed by atoms with van der Waals surface area (Å²) in [6, 6.07) is 8.19. The smallest absolute Gasteiger partial charge is 0.234 e. The first-order chi connectivity index (χ1) is 13.3. The van der Waals surface area contributed by atoms with E-state index in [2.05, 4.69) is 43.1 Å². The van der Waals surface area contributed by atoms with Crippen molar-refractivity contribution < 1.29 is 14.3 Å². The van der Waals surface area contributed by atoms with Crippen molar-refractivity contribution >= 4 is 11.8 Å². The summed E-state index contributed by atoms with van der Waals surface area (Å²) in [5, 5.41) is 2.81. The van der Waals surface area contributed by atoms with Gasteiger partial charge in [0.05, 0.1) is 13.2 Å². The summed E-state index contributed by atoms with van der Waals surface area (Å²) in [6.45, 7) is 13.0. The number of ether oxygens (including phenoxy) is 1. The number of rotatable bonds is 8. The minimum absolute atomic E-state index is 0.0509. The van der Waals surface area contributed by atoms with Crippen molar-refractivity contribution in [1.29, 1.82) is 0 Å². The van der Waals surface area contributed by atoms with E-state index in [1.165, 1.54) is 5.56 Å². The molecule has 1 fully saturated rings. The van der Waals surface area contributed by atoms with Crippen molar-refractivity contribution in [3.05, 3.63) is 29.8 Å². The van der Waals surface area contributed by atoms with Crippen molar-refractivity contribution in [3.63, 3.8) is 0 Å². The number of piperazine rings is 1. The Morgan fingerprint density at radius 2 is 1.71 bits per heavy atom. The number of carbonyl (C=O) groups is 2. The lowest BCUT2D eigenvalue weighted by Gasteiger charge is -2.34.